The zero-order chi connectivity index (χ0) is 16.7. The summed E-state index contributed by atoms with van der Waals surface area (Å²) in [4.78, 5) is 22.3. The van der Waals surface area contributed by atoms with Gasteiger partial charge in [-0.3, -0.25) is 9.79 Å². The first-order valence-corrected chi connectivity index (χ1v) is 7.98. The van der Waals surface area contributed by atoms with Gasteiger partial charge in [-0.05, 0) is 11.6 Å². The van der Waals surface area contributed by atoms with E-state index in [9.17, 15) is 4.79 Å². The Morgan fingerprint density at radius 2 is 1.65 bits per heavy atom. The minimum absolute atomic E-state index is 0. The summed E-state index contributed by atoms with van der Waals surface area (Å²) in [7, 11) is 9.60. The van der Waals surface area contributed by atoms with E-state index in [2.05, 4.69) is 20.9 Å². The molecule has 0 bridgehead atoms. The van der Waals surface area contributed by atoms with Crippen LogP contribution in [-0.2, 0) is 11.3 Å². The fourth-order valence-electron chi connectivity index (χ4n) is 2.10. The molecule has 0 N–H and O–H groups in total. The van der Waals surface area contributed by atoms with Crippen molar-refractivity contribution in [3.63, 3.8) is 0 Å². The molecule has 0 atom stereocenters. The molecule has 1 aromatic carbocycles. The third kappa shape index (κ3) is 7.52. The molecule has 0 spiro atoms. The first-order chi connectivity index (χ1) is 10.3. The number of amides is 1. The molecule has 0 aliphatic carbocycles. The van der Waals surface area contributed by atoms with E-state index in [0.717, 1.165) is 16.0 Å². The molecule has 1 aromatic rings. The van der Waals surface area contributed by atoms with Crippen molar-refractivity contribution >= 4 is 51.8 Å². The van der Waals surface area contributed by atoms with Gasteiger partial charge in [-0.2, -0.15) is 0 Å². The van der Waals surface area contributed by atoms with Crippen LogP contribution in [-0.4, -0.2) is 68.3 Å². The van der Waals surface area contributed by atoms with Crippen LogP contribution in [0.3, 0.4) is 0 Å². The van der Waals surface area contributed by atoms with Crippen LogP contribution in [0, 0.1) is 0 Å². The summed E-state index contributed by atoms with van der Waals surface area (Å²) in [6.07, 6.45) is 0.409. The van der Waals surface area contributed by atoms with Crippen molar-refractivity contribution in [2.45, 2.75) is 13.0 Å². The molecule has 0 saturated heterocycles. The van der Waals surface area contributed by atoms with E-state index in [1.807, 2.05) is 69.3 Å². The Kier molecular flexibility index (Phi) is 10.5. The van der Waals surface area contributed by atoms with Crippen molar-refractivity contribution in [3.8, 4) is 0 Å². The minimum Gasteiger partial charge on any atom is -0.349 e. The molecule has 0 fully saturated rings. The first-order valence-electron chi connectivity index (χ1n) is 7.19. The van der Waals surface area contributed by atoms with Gasteiger partial charge in [-0.1, -0.05) is 34.1 Å². The molecule has 0 aliphatic rings. The van der Waals surface area contributed by atoms with E-state index in [1.54, 1.807) is 4.90 Å². The Morgan fingerprint density at radius 1 is 1.09 bits per heavy atom. The zero-order valence-electron chi connectivity index (χ0n) is 14.4. The molecule has 0 heterocycles. The molecule has 0 radical (unpaired) electrons. The van der Waals surface area contributed by atoms with Crippen LogP contribution < -0.4 is 0 Å². The van der Waals surface area contributed by atoms with E-state index in [4.69, 9.17) is 0 Å². The largest absolute Gasteiger partial charge is 0.349 e. The summed E-state index contributed by atoms with van der Waals surface area (Å²) in [6, 6.07) is 7.94. The Labute approximate surface area is 164 Å². The fraction of sp³-hybridized carbons (Fsp3) is 0.500. The fourth-order valence-corrected chi connectivity index (χ4v) is 2.51. The van der Waals surface area contributed by atoms with Crippen LogP contribution in [0.1, 0.15) is 12.0 Å². The molecule has 1 rings (SSSR count). The van der Waals surface area contributed by atoms with Crippen molar-refractivity contribution in [2.24, 2.45) is 4.99 Å². The Hall–Kier alpha value is -0.830. The van der Waals surface area contributed by atoms with Gasteiger partial charge in [0.1, 0.15) is 0 Å². The topological polar surface area (TPSA) is 39.2 Å². The van der Waals surface area contributed by atoms with Crippen molar-refractivity contribution in [1.82, 2.24) is 14.7 Å². The van der Waals surface area contributed by atoms with Gasteiger partial charge in [0.05, 0.1) is 6.54 Å². The summed E-state index contributed by atoms with van der Waals surface area (Å²) >= 11 is 3.51. The lowest BCUT2D eigenvalue weighted by Gasteiger charge is -2.23. The summed E-state index contributed by atoms with van der Waals surface area (Å²) in [5, 5.41) is 0. The summed E-state index contributed by atoms with van der Waals surface area (Å²) in [5.74, 6) is 0.956. The molecule has 23 heavy (non-hydrogen) atoms. The van der Waals surface area contributed by atoms with E-state index in [1.165, 1.54) is 0 Å². The van der Waals surface area contributed by atoms with Gasteiger partial charge in [0.2, 0.25) is 5.91 Å². The molecular weight excluding hydrogens is 471 g/mol. The van der Waals surface area contributed by atoms with Gasteiger partial charge < -0.3 is 14.7 Å². The molecule has 5 nitrogen and oxygen atoms in total. The minimum atomic E-state index is 0. The van der Waals surface area contributed by atoms with Crippen molar-refractivity contribution in [3.05, 3.63) is 34.3 Å². The summed E-state index contributed by atoms with van der Waals surface area (Å²) < 4.78 is 1.02. The van der Waals surface area contributed by atoms with Gasteiger partial charge in [-0.25, -0.2) is 0 Å². The van der Waals surface area contributed by atoms with Crippen LogP contribution in [0.15, 0.2) is 33.7 Å². The second kappa shape index (κ2) is 10.9. The number of carbonyl (C=O) groups excluding carboxylic acids is 1. The summed E-state index contributed by atoms with van der Waals surface area (Å²) in [6.45, 7) is 1.09. The molecule has 0 aliphatic heterocycles. The van der Waals surface area contributed by atoms with Gasteiger partial charge in [-0.15, -0.1) is 24.0 Å². The lowest BCUT2D eigenvalue weighted by atomic mass is 10.2. The van der Waals surface area contributed by atoms with Crippen LogP contribution in [0.2, 0.25) is 0 Å². The number of carbonyl (C=O) groups is 1. The number of hydrogen-bond acceptors (Lipinski definition) is 2. The normalized spacial score (nSPS) is 9.65. The molecular formula is C16H26BrIN4O. The number of nitrogens with zero attached hydrogens (tertiary/aromatic N) is 4. The Bertz CT molecular complexity index is 525. The monoisotopic (exact) mass is 496 g/mol. The van der Waals surface area contributed by atoms with E-state index < -0.39 is 0 Å². The van der Waals surface area contributed by atoms with Gasteiger partial charge in [0.25, 0.3) is 0 Å². The second-order valence-corrected chi connectivity index (χ2v) is 6.42. The zero-order valence-corrected chi connectivity index (χ0v) is 18.3. The number of aliphatic imine (C=N–C) groups is 1. The Morgan fingerprint density at radius 3 is 2.17 bits per heavy atom. The number of rotatable bonds is 5. The van der Waals surface area contributed by atoms with Crippen LogP contribution in [0.25, 0.3) is 0 Å². The Balaban J connectivity index is 0.00000484. The lowest BCUT2D eigenvalue weighted by molar-refractivity contribution is -0.130. The van der Waals surface area contributed by atoms with E-state index in [0.29, 0.717) is 19.5 Å². The highest BCUT2D eigenvalue weighted by molar-refractivity contribution is 14.0. The maximum atomic E-state index is 12.2. The van der Waals surface area contributed by atoms with Crippen LogP contribution >= 0.6 is 39.9 Å². The molecule has 0 aromatic heterocycles. The van der Waals surface area contributed by atoms with Crippen molar-refractivity contribution in [1.29, 1.82) is 0 Å². The van der Waals surface area contributed by atoms with E-state index in [-0.39, 0.29) is 29.9 Å². The lowest BCUT2D eigenvalue weighted by Crippen LogP contribution is -2.35. The van der Waals surface area contributed by atoms with Gasteiger partial charge in [0.15, 0.2) is 5.96 Å². The SMILES string of the molecule is CN(C)C(=NCCC(=O)N(C)Cc1ccccc1Br)N(C)C.I. The molecule has 1 amide bonds. The molecule has 0 unspecified atom stereocenters. The maximum absolute atomic E-state index is 12.2. The standard InChI is InChI=1S/C16H25BrN4O.HI/c1-19(2)16(20(3)4)18-11-10-15(22)21(5)12-13-8-6-7-9-14(13)17;/h6-9H,10-12H2,1-5H3;1H. The number of benzene rings is 1. The van der Waals surface area contributed by atoms with Crippen LogP contribution in [0.5, 0.6) is 0 Å². The van der Waals surface area contributed by atoms with E-state index >= 15 is 0 Å². The smallest absolute Gasteiger partial charge is 0.224 e. The summed E-state index contributed by atoms with van der Waals surface area (Å²) in [5.41, 5.74) is 1.10. The number of hydrogen-bond donors (Lipinski definition) is 0. The molecule has 130 valence electrons. The average Bonchev–Trinajstić information content (AvgIpc) is 2.44. The third-order valence-electron chi connectivity index (χ3n) is 3.17. The van der Waals surface area contributed by atoms with Crippen molar-refractivity contribution < 1.29 is 4.79 Å². The van der Waals surface area contributed by atoms with Crippen molar-refractivity contribution in [2.75, 3.05) is 41.8 Å². The third-order valence-corrected chi connectivity index (χ3v) is 3.94. The highest BCUT2D eigenvalue weighted by Gasteiger charge is 2.11. The molecule has 0 saturated carbocycles. The van der Waals surface area contributed by atoms with Crippen LogP contribution in [0.4, 0.5) is 0 Å². The number of guanidine groups is 1. The quantitative estimate of drug-likeness (QED) is 0.357. The molecule has 7 heteroatoms. The predicted molar refractivity (Wildman–Crippen MR) is 110 cm³/mol. The van der Waals surface area contributed by atoms with Gasteiger partial charge >= 0.3 is 0 Å². The predicted octanol–water partition coefficient (Wildman–Crippen LogP) is 2.89. The van der Waals surface area contributed by atoms with Gasteiger partial charge in [0, 0.05) is 52.7 Å². The highest BCUT2D eigenvalue weighted by Crippen LogP contribution is 2.17. The number of halogens is 2. The maximum Gasteiger partial charge on any atom is 0.224 e. The highest BCUT2D eigenvalue weighted by atomic mass is 127. The second-order valence-electron chi connectivity index (χ2n) is 5.56. The first kappa shape index (κ1) is 22.2. The average molecular weight is 497 g/mol.